The summed E-state index contributed by atoms with van der Waals surface area (Å²) in [6, 6.07) is 8.41. The summed E-state index contributed by atoms with van der Waals surface area (Å²) in [5.74, 6) is 1.85. The van der Waals surface area contributed by atoms with Gasteiger partial charge in [-0.2, -0.15) is 0 Å². The Balaban J connectivity index is 1.96. The smallest absolute Gasteiger partial charge is 0.191 e. The van der Waals surface area contributed by atoms with Gasteiger partial charge in [-0.25, -0.2) is 0 Å². The Bertz CT molecular complexity index is 586. The normalized spacial score (nSPS) is 16.2. The Morgan fingerprint density at radius 3 is 2.57 bits per heavy atom. The van der Waals surface area contributed by atoms with Crippen LogP contribution in [0.25, 0.3) is 0 Å². The van der Waals surface area contributed by atoms with Crippen LogP contribution in [0.1, 0.15) is 44.6 Å². The zero-order chi connectivity index (χ0) is 20.1. The van der Waals surface area contributed by atoms with E-state index in [1.165, 1.54) is 18.4 Å². The van der Waals surface area contributed by atoms with Crippen molar-refractivity contribution in [3.63, 3.8) is 0 Å². The van der Waals surface area contributed by atoms with Gasteiger partial charge in [0, 0.05) is 37.8 Å². The molecule has 1 fully saturated rings. The number of rotatable bonds is 12. The molecule has 0 heterocycles. The van der Waals surface area contributed by atoms with E-state index in [1.807, 2.05) is 6.07 Å². The maximum atomic E-state index is 5.65. The van der Waals surface area contributed by atoms with Gasteiger partial charge in [-0.15, -0.1) is 0 Å². The fourth-order valence-electron chi connectivity index (χ4n) is 3.84. The molecule has 1 saturated carbocycles. The average Bonchev–Trinajstić information content (AvgIpc) is 3.21. The number of ether oxygens (including phenoxy) is 3. The molecule has 6 heteroatoms. The second-order valence-corrected chi connectivity index (χ2v) is 7.27. The van der Waals surface area contributed by atoms with Gasteiger partial charge < -0.3 is 24.8 Å². The molecule has 2 rings (SSSR count). The van der Waals surface area contributed by atoms with Gasteiger partial charge in [0.1, 0.15) is 5.75 Å². The fraction of sp³-hybridized carbons (Fsp3) is 0.682. The maximum Gasteiger partial charge on any atom is 0.191 e. The van der Waals surface area contributed by atoms with Gasteiger partial charge >= 0.3 is 0 Å². The fourth-order valence-corrected chi connectivity index (χ4v) is 3.84. The number of benzene rings is 1. The van der Waals surface area contributed by atoms with Crippen molar-refractivity contribution in [2.45, 2.75) is 44.4 Å². The van der Waals surface area contributed by atoms with E-state index >= 15 is 0 Å². The number of aliphatic imine (C=N–C) groups is 1. The zero-order valence-corrected chi connectivity index (χ0v) is 17.8. The van der Waals surface area contributed by atoms with Gasteiger partial charge in [0.2, 0.25) is 0 Å². The van der Waals surface area contributed by atoms with Crippen LogP contribution in [0.4, 0.5) is 0 Å². The molecule has 0 unspecified atom stereocenters. The highest BCUT2D eigenvalue weighted by Gasteiger charge is 2.37. The third kappa shape index (κ3) is 6.67. The molecule has 6 nitrogen and oxygen atoms in total. The van der Waals surface area contributed by atoms with Crippen molar-refractivity contribution < 1.29 is 14.2 Å². The van der Waals surface area contributed by atoms with Crippen molar-refractivity contribution in [1.29, 1.82) is 0 Å². The average molecular weight is 392 g/mol. The number of methoxy groups -OCH3 is 2. The summed E-state index contributed by atoms with van der Waals surface area (Å²) in [5.41, 5.74) is 1.36. The third-order valence-corrected chi connectivity index (χ3v) is 5.31. The predicted octanol–water partition coefficient (Wildman–Crippen LogP) is 3.12. The van der Waals surface area contributed by atoms with E-state index in [-0.39, 0.29) is 5.41 Å². The first-order valence-corrected chi connectivity index (χ1v) is 10.5. The van der Waals surface area contributed by atoms with Gasteiger partial charge in [0.05, 0.1) is 26.9 Å². The van der Waals surface area contributed by atoms with Gasteiger partial charge in [-0.3, -0.25) is 4.99 Å². The Labute approximate surface area is 170 Å². The number of hydrogen-bond donors (Lipinski definition) is 2. The molecule has 158 valence electrons. The minimum Gasteiger partial charge on any atom is -0.496 e. The van der Waals surface area contributed by atoms with Crippen LogP contribution < -0.4 is 15.4 Å². The molecule has 0 bridgehead atoms. The molecule has 0 aliphatic heterocycles. The molecule has 0 aromatic heterocycles. The largest absolute Gasteiger partial charge is 0.496 e. The lowest BCUT2D eigenvalue weighted by Gasteiger charge is -2.30. The van der Waals surface area contributed by atoms with Crippen LogP contribution in [-0.2, 0) is 14.9 Å². The van der Waals surface area contributed by atoms with Crippen molar-refractivity contribution in [3.05, 3.63) is 29.8 Å². The molecular weight excluding hydrogens is 354 g/mol. The molecule has 0 saturated heterocycles. The summed E-state index contributed by atoms with van der Waals surface area (Å²) in [7, 11) is 3.44. The highest BCUT2D eigenvalue weighted by Crippen LogP contribution is 2.44. The summed E-state index contributed by atoms with van der Waals surface area (Å²) < 4.78 is 16.2. The number of nitrogens with zero attached hydrogens (tertiary/aromatic N) is 1. The summed E-state index contributed by atoms with van der Waals surface area (Å²) in [6.45, 7) is 6.55. The molecule has 1 aliphatic rings. The van der Waals surface area contributed by atoms with Crippen molar-refractivity contribution >= 4 is 5.96 Å². The van der Waals surface area contributed by atoms with Gasteiger partial charge in [-0.05, 0) is 32.3 Å². The van der Waals surface area contributed by atoms with Crippen molar-refractivity contribution in [2.75, 3.05) is 53.7 Å². The van der Waals surface area contributed by atoms with E-state index in [1.54, 1.807) is 14.2 Å². The van der Waals surface area contributed by atoms with Crippen LogP contribution in [0.15, 0.2) is 29.3 Å². The topological polar surface area (TPSA) is 64.1 Å². The molecule has 28 heavy (non-hydrogen) atoms. The first-order chi connectivity index (χ1) is 13.8. The summed E-state index contributed by atoms with van der Waals surface area (Å²) >= 11 is 0. The Morgan fingerprint density at radius 1 is 1.07 bits per heavy atom. The molecule has 1 aliphatic carbocycles. The SMILES string of the molecule is CCNC(=NCC1(c2ccccc2OC)CCCC1)NCCCOCCOC. The Morgan fingerprint density at radius 2 is 1.86 bits per heavy atom. The van der Waals surface area contributed by atoms with Crippen LogP contribution in [0.3, 0.4) is 0 Å². The number of hydrogen-bond acceptors (Lipinski definition) is 4. The molecule has 0 spiro atoms. The van der Waals surface area contributed by atoms with E-state index < -0.39 is 0 Å². The summed E-state index contributed by atoms with van der Waals surface area (Å²) in [5, 5.41) is 6.79. The monoisotopic (exact) mass is 391 g/mol. The summed E-state index contributed by atoms with van der Waals surface area (Å²) in [4.78, 5) is 4.94. The minimum atomic E-state index is 0.0677. The number of para-hydroxylation sites is 1. The first-order valence-electron chi connectivity index (χ1n) is 10.5. The predicted molar refractivity (Wildman–Crippen MR) is 114 cm³/mol. The van der Waals surface area contributed by atoms with Crippen LogP contribution in [0.5, 0.6) is 5.75 Å². The molecule has 1 aromatic rings. The molecule has 1 aromatic carbocycles. The van der Waals surface area contributed by atoms with Crippen LogP contribution >= 0.6 is 0 Å². The van der Waals surface area contributed by atoms with Crippen LogP contribution in [0, 0.1) is 0 Å². The minimum absolute atomic E-state index is 0.0677. The molecule has 0 atom stereocenters. The zero-order valence-electron chi connectivity index (χ0n) is 17.8. The Hall–Kier alpha value is -1.79. The van der Waals surface area contributed by atoms with Gasteiger partial charge in [0.25, 0.3) is 0 Å². The quantitative estimate of drug-likeness (QED) is 0.326. The molecule has 2 N–H and O–H groups in total. The molecular formula is C22H37N3O3. The highest BCUT2D eigenvalue weighted by atomic mass is 16.5. The van der Waals surface area contributed by atoms with Crippen molar-refractivity contribution in [1.82, 2.24) is 10.6 Å². The van der Waals surface area contributed by atoms with E-state index in [9.17, 15) is 0 Å². The second-order valence-electron chi connectivity index (χ2n) is 7.27. The van der Waals surface area contributed by atoms with Crippen molar-refractivity contribution in [3.8, 4) is 5.75 Å². The third-order valence-electron chi connectivity index (χ3n) is 5.31. The van der Waals surface area contributed by atoms with Crippen LogP contribution in [0.2, 0.25) is 0 Å². The second kappa shape index (κ2) is 12.6. The highest BCUT2D eigenvalue weighted by molar-refractivity contribution is 5.79. The molecule has 0 amide bonds. The van der Waals surface area contributed by atoms with E-state index in [0.29, 0.717) is 13.2 Å². The number of guanidine groups is 1. The Kier molecular flexibility index (Phi) is 10.1. The lowest BCUT2D eigenvalue weighted by Crippen LogP contribution is -2.39. The molecule has 0 radical (unpaired) electrons. The van der Waals surface area contributed by atoms with E-state index in [0.717, 1.165) is 57.2 Å². The van der Waals surface area contributed by atoms with Crippen molar-refractivity contribution in [2.24, 2.45) is 4.99 Å². The van der Waals surface area contributed by atoms with E-state index in [2.05, 4.69) is 35.8 Å². The first kappa shape index (κ1) is 22.5. The summed E-state index contributed by atoms with van der Waals surface area (Å²) in [6.07, 6.45) is 5.74. The standard InChI is InChI=1S/C22H37N3O3/c1-4-23-21(24-14-9-15-28-17-16-26-2)25-18-22(12-7-8-13-22)19-10-5-6-11-20(19)27-3/h5-6,10-11H,4,7-9,12-18H2,1-3H3,(H2,23,24,25). The van der Waals surface area contributed by atoms with Gasteiger partial charge in [-0.1, -0.05) is 31.0 Å². The lowest BCUT2D eigenvalue weighted by atomic mass is 9.78. The van der Waals surface area contributed by atoms with Gasteiger partial charge in [0.15, 0.2) is 5.96 Å². The number of nitrogens with one attached hydrogen (secondary N) is 2. The lowest BCUT2D eigenvalue weighted by molar-refractivity contribution is 0.0698. The maximum absolute atomic E-state index is 5.65. The van der Waals surface area contributed by atoms with Crippen LogP contribution in [-0.4, -0.2) is 59.6 Å². The van der Waals surface area contributed by atoms with E-state index in [4.69, 9.17) is 19.2 Å².